The quantitative estimate of drug-likeness (QED) is 0.194. The topological polar surface area (TPSA) is 72.2 Å². The molecule has 4 nitrogen and oxygen atoms in total. The molecular formula is C9H18N2O2. The van der Waals surface area contributed by atoms with E-state index in [1.807, 2.05) is 0 Å². The number of nitrogens with one attached hydrogen (secondary N) is 1. The molecule has 76 valence electrons. The van der Waals surface area contributed by atoms with Crippen molar-refractivity contribution in [2.45, 2.75) is 44.9 Å². The van der Waals surface area contributed by atoms with Crippen molar-refractivity contribution in [2.75, 3.05) is 0 Å². The molecule has 0 atom stereocenters. The van der Waals surface area contributed by atoms with E-state index < -0.39 is 0 Å². The maximum Gasteiger partial charge on any atom is 0.233 e. The molecule has 0 heterocycles. The minimum Gasteiger partial charge on any atom is -0.303 e. The minimum absolute atomic E-state index is 0.104. The number of unbranched alkanes of at least 4 members (excludes halogenated alkanes) is 5. The molecule has 0 aliphatic heterocycles. The van der Waals surface area contributed by atoms with E-state index in [9.17, 15) is 9.59 Å². The highest BCUT2D eigenvalue weighted by atomic mass is 16.2. The molecule has 0 unspecified atom stereocenters. The molecule has 0 radical (unpaired) electrons. The van der Waals surface area contributed by atoms with Crippen LogP contribution in [0.1, 0.15) is 44.9 Å². The Morgan fingerprint density at radius 2 is 1.77 bits per heavy atom. The summed E-state index contributed by atoms with van der Waals surface area (Å²) in [6.07, 6.45) is 7.15. The van der Waals surface area contributed by atoms with E-state index in [0.717, 1.165) is 38.4 Å². The lowest BCUT2D eigenvalue weighted by molar-refractivity contribution is -0.121. The van der Waals surface area contributed by atoms with Crippen LogP contribution < -0.4 is 11.3 Å². The first-order chi connectivity index (χ1) is 6.31. The zero-order chi connectivity index (χ0) is 9.94. The predicted molar refractivity (Wildman–Crippen MR) is 50.7 cm³/mol. The molecule has 3 N–H and O–H groups in total. The van der Waals surface area contributed by atoms with Gasteiger partial charge in [-0.3, -0.25) is 10.2 Å². The van der Waals surface area contributed by atoms with E-state index in [4.69, 9.17) is 5.84 Å². The molecule has 0 spiro atoms. The van der Waals surface area contributed by atoms with E-state index in [1.54, 1.807) is 0 Å². The Balaban J connectivity index is 2.99. The molecule has 4 heteroatoms. The average molecular weight is 186 g/mol. The van der Waals surface area contributed by atoms with E-state index in [-0.39, 0.29) is 5.91 Å². The van der Waals surface area contributed by atoms with Crippen molar-refractivity contribution in [2.24, 2.45) is 5.84 Å². The zero-order valence-corrected chi connectivity index (χ0v) is 7.92. The Bertz CT molecular complexity index is 149. The van der Waals surface area contributed by atoms with Crippen LogP contribution in [0.5, 0.6) is 0 Å². The van der Waals surface area contributed by atoms with Crippen molar-refractivity contribution in [3.05, 3.63) is 0 Å². The van der Waals surface area contributed by atoms with Gasteiger partial charge in [0.15, 0.2) is 0 Å². The van der Waals surface area contributed by atoms with Crippen molar-refractivity contribution in [3.63, 3.8) is 0 Å². The van der Waals surface area contributed by atoms with Crippen LogP contribution in [0.4, 0.5) is 0 Å². The third-order valence-corrected chi connectivity index (χ3v) is 1.89. The van der Waals surface area contributed by atoms with Gasteiger partial charge in [-0.15, -0.1) is 0 Å². The van der Waals surface area contributed by atoms with Gasteiger partial charge < -0.3 is 4.79 Å². The molecule has 0 rings (SSSR count). The molecule has 0 bridgehead atoms. The second-order valence-electron chi connectivity index (χ2n) is 3.04. The smallest absolute Gasteiger partial charge is 0.233 e. The fourth-order valence-corrected chi connectivity index (χ4v) is 1.12. The van der Waals surface area contributed by atoms with Gasteiger partial charge in [0.1, 0.15) is 6.29 Å². The Kier molecular flexibility index (Phi) is 8.55. The lowest BCUT2D eigenvalue weighted by Gasteiger charge is -1.99. The zero-order valence-electron chi connectivity index (χ0n) is 7.92. The van der Waals surface area contributed by atoms with Gasteiger partial charge in [-0.1, -0.05) is 19.3 Å². The molecule has 0 saturated carbocycles. The van der Waals surface area contributed by atoms with Crippen LogP contribution in [0.15, 0.2) is 0 Å². The molecule has 0 aliphatic rings. The van der Waals surface area contributed by atoms with E-state index in [1.165, 1.54) is 0 Å². The second kappa shape index (κ2) is 9.19. The van der Waals surface area contributed by atoms with Crippen molar-refractivity contribution < 1.29 is 9.59 Å². The van der Waals surface area contributed by atoms with Crippen LogP contribution in [0, 0.1) is 0 Å². The van der Waals surface area contributed by atoms with Crippen LogP contribution >= 0.6 is 0 Å². The number of carbonyl (C=O) groups is 2. The summed E-state index contributed by atoms with van der Waals surface area (Å²) in [7, 11) is 0. The number of nitrogens with two attached hydrogens (primary N) is 1. The number of rotatable bonds is 8. The highest BCUT2D eigenvalue weighted by Crippen LogP contribution is 2.05. The molecule has 0 fully saturated rings. The van der Waals surface area contributed by atoms with Crippen molar-refractivity contribution in [1.29, 1.82) is 0 Å². The van der Waals surface area contributed by atoms with Gasteiger partial charge in [0.05, 0.1) is 0 Å². The highest BCUT2D eigenvalue weighted by molar-refractivity contribution is 5.74. The molecule has 0 saturated heterocycles. The van der Waals surface area contributed by atoms with Crippen molar-refractivity contribution in [3.8, 4) is 0 Å². The van der Waals surface area contributed by atoms with E-state index in [2.05, 4.69) is 5.43 Å². The summed E-state index contributed by atoms with van der Waals surface area (Å²) in [6, 6.07) is 0. The average Bonchev–Trinajstić information content (AvgIpc) is 2.16. The third kappa shape index (κ3) is 9.01. The first kappa shape index (κ1) is 12.1. The molecule has 13 heavy (non-hydrogen) atoms. The predicted octanol–water partition coefficient (Wildman–Crippen LogP) is 0.906. The Morgan fingerprint density at radius 1 is 1.15 bits per heavy atom. The first-order valence-electron chi connectivity index (χ1n) is 4.74. The summed E-state index contributed by atoms with van der Waals surface area (Å²) < 4.78 is 0. The number of carbonyl (C=O) groups excluding carboxylic acids is 2. The van der Waals surface area contributed by atoms with Crippen LogP contribution in [0.2, 0.25) is 0 Å². The van der Waals surface area contributed by atoms with Gasteiger partial charge in [0.2, 0.25) is 5.91 Å². The summed E-state index contributed by atoms with van der Waals surface area (Å²) in [6.45, 7) is 0. The lowest BCUT2D eigenvalue weighted by atomic mass is 10.1. The third-order valence-electron chi connectivity index (χ3n) is 1.89. The number of aldehydes is 1. The summed E-state index contributed by atoms with van der Waals surface area (Å²) in [5.41, 5.74) is 2.09. The first-order valence-corrected chi connectivity index (χ1v) is 4.74. The van der Waals surface area contributed by atoms with E-state index in [0.29, 0.717) is 12.8 Å². The highest BCUT2D eigenvalue weighted by Gasteiger charge is 1.96. The van der Waals surface area contributed by atoms with Gasteiger partial charge in [-0.25, -0.2) is 5.84 Å². The fourth-order valence-electron chi connectivity index (χ4n) is 1.12. The van der Waals surface area contributed by atoms with Crippen LogP contribution in [0.25, 0.3) is 0 Å². The molecule has 0 aromatic rings. The molecule has 0 aromatic heterocycles. The van der Waals surface area contributed by atoms with Gasteiger partial charge >= 0.3 is 0 Å². The largest absolute Gasteiger partial charge is 0.303 e. The monoisotopic (exact) mass is 186 g/mol. The molecule has 0 aromatic carbocycles. The number of hydrogen-bond donors (Lipinski definition) is 2. The van der Waals surface area contributed by atoms with Gasteiger partial charge in [0, 0.05) is 12.8 Å². The maximum atomic E-state index is 10.7. The van der Waals surface area contributed by atoms with Gasteiger partial charge in [0.25, 0.3) is 0 Å². The normalized spacial score (nSPS) is 9.62. The van der Waals surface area contributed by atoms with Crippen molar-refractivity contribution in [1.82, 2.24) is 5.43 Å². The van der Waals surface area contributed by atoms with E-state index >= 15 is 0 Å². The van der Waals surface area contributed by atoms with Crippen LogP contribution in [-0.4, -0.2) is 12.2 Å². The molecular weight excluding hydrogens is 168 g/mol. The van der Waals surface area contributed by atoms with Gasteiger partial charge in [-0.05, 0) is 12.8 Å². The Morgan fingerprint density at radius 3 is 2.38 bits per heavy atom. The Labute approximate surface area is 78.8 Å². The van der Waals surface area contributed by atoms with Gasteiger partial charge in [-0.2, -0.15) is 0 Å². The fraction of sp³-hybridized carbons (Fsp3) is 0.778. The molecule has 1 amide bonds. The van der Waals surface area contributed by atoms with Crippen molar-refractivity contribution >= 4 is 12.2 Å². The standard InChI is InChI=1S/C9H18N2O2/c10-11-9(13)7-5-3-1-2-4-6-8-12/h8H,1-7,10H2,(H,11,13). The Hall–Kier alpha value is -0.900. The van der Waals surface area contributed by atoms with Crippen LogP contribution in [0.3, 0.4) is 0 Å². The molecule has 0 aliphatic carbocycles. The lowest BCUT2D eigenvalue weighted by Crippen LogP contribution is -2.29. The number of hydrazine groups is 1. The van der Waals surface area contributed by atoms with Crippen LogP contribution in [-0.2, 0) is 9.59 Å². The second-order valence-corrected chi connectivity index (χ2v) is 3.04. The minimum atomic E-state index is -0.104. The summed E-state index contributed by atoms with van der Waals surface area (Å²) >= 11 is 0. The number of amides is 1. The summed E-state index contributed by atoms with van der Waals surface area (Å²) in [5, 5.41) is 0. The summed E-state index contributed by atoms with van der Waals surface area (Å²) in [4.78, 5) is 20.6. The SMILES string of the molecule is NNC(=O)CCCCCCCC=O. The maximum absolute atomic E-state index is 10.7. The summed E-state index contributed by atoms with van der Waals surface area (Å²) in [5.74, 6) is 4.81. The number of hydrogen-bond acceptors (Lipinski definition) is 3.